The Bertz CT molecular complexity index is 1040. The second kappa shape index (κ2) is 7.29. The van der Waals surface area contributed by atoms with E-state index >= 15 is 0 Å². The fourth-order valence-corrected chi connectivity index (χ4v) is 2.67. The average molecular weight is 358 g/mol. The molecule has 0 aliphatic carbocycles. The van der Waals surface area contributed by atoms with Gasteiger partial charge in [-0.2, -0.15) is 9.67 Å². The summed E-state index contributed by atoms with van der Waals surface area (Å²) < 4.78 is 6.65. The molecule has 6 nitrogen and oxygen atoms in total. The second-order valence-electron chi connectivity index (χ2n) is 6.16. The number of hydrogen-bond acceptors (Lipinski definition) is 5. The highest BCUT2D eigenvalue weighted by molar-refractivity contribution is 5.97. The van der Waals surface area contributed by atoms with Crippen molar-refractivity contribution in [2.24, 2.45) is 0 Å². The number of carbonyl (C=O) groups is 1. The van der Waals surface area contributed by atoms with E-state index in [0.29, 0.717) is 29.6 Å². The first-order chi connectivity index (χ1) is 13.2. The van der Waals surface area contributed by atoms with Crippen LogP contribution in [-0.4, -0.2) is 20.7 Å². The number of aromatic nitrogens is 3. The molecule has 4 aromatic rings. The standard InChI is InChI=1S/C21H18N4O2/c1-15-9-11-16(12-10-15)14-22-21-23-19(18-8-5-13-27-18)24-25(21)20(26)17-6-3-2-4-7-17/h2-13H,14H2,1H3,(H,22,23,24). The minimum Gasteiger partial charge on any atom is -0.461 e. The smallest absolute Gasteiger partial charge is 0.281 e. The van der Waals surface area contributed by atoms with Crippen molar-refractivity contribution in [2.45, 2.75) is 13.5 Å². The molecular formula is C21H18N4O2. The summed E-state index contributed by atoms with van der Waals surface area (Å²) in [6.07, 6.45) is 1.55. The van der Waals surface area contributed by atoms with Gasteiger partial charge in [-0.3, -0.25) is 4.79 Å². The van der Waals surface area contributed by atoms with Gasteiger partial charge in [0.2, 0.25) is 11.8 Å². The molecule has 0 fully saturated rings. The van der Waals surface area contributed by atoms with Gasteiger partial charge >= 0.3 is 0 Å². The van der Waals surface area contributed by atoms with Crippen molar-refractivity contribution >= 4 is 11.9 Å². The van der Waals surface area contributed by atoms with Crippen molar-refractivity contribution in [2.75, 3.05) is 5.32 Å². The van der Waals surface area contributed by atoms with E-state index in [9.17, 15) is 4.79 Å². The van der Waals surface area contributed by atoms with Crippen LogP contribution in [0.3, 0.4) is 0 Å². The van der Waals surface area contributed by atoms with Gasteiger partial charge in [0.05, 0.1) is 6.26 Å². The topological polar surface area (TPSA) is 73.0 Å². The summed E-state index contributed by atoms with van der Waals surface area (Å²) in [5.74, 6) is 0.979. The van der Waals surface area contributed by atoms with Crippen LogP contribution in [0.25, 0.3) is 11.6 Å². The first-order valence-corrected chi connectivity index (χ1v) is 8.61. The first-order valence-electron chi connectivity index (χ1n) is 8.61. The Kier molecular flexibility index (Phi) is 4.53. The molecule has 2 heterocycles. The molecule has 2 aromatic heterocycles. The highest BCUT2D eigenvalue weighted by Crippen LogP contribution is 2.20. The Morgan fingerprint density at radius 1 is 1.04 bits per heavy atom. The number of benzene rings is 2. The van der Waals surface area contributed by atoms with Gasteiger partial charge in [-0.25, -0.2) is 0 Å². The van der Waals surface area contributed by atoms with Gasteiger partial charge in [-0.1, -0.05) is 48.0 Å². The Balaban J connectivity index is 1.66. The van der Waals surface area contributed by atoms with Gasteiger partial charge in [-0.15, -0.1) is 5.10 Å². The van der Waals surface area contributed by atoms with Crippen molar-refractivity contribution in [1.29, 1.82) is 0 Å². The molecule has 4 rings (SSSR count). The van der Waals surface area contributed by atoms with E-state index in [-0.39, 0.29) is 5.91 Å². The largest absolute Gasteiger partial charge is 0.461 e. The third kappa shape index (κ3) is 3.64. The van der Waals surface area contributed by atoms with E-state index in [1.165, 1.54) is 10.2 Å². The van der Waals surface area contributed by atoms with Crippen LogP contribution >= 0.6 is 0 Å². The summed E-state index contributed by atoms with van der Waals surface area (Å²) in [7, 11) is 0. The summed E-state index contributed by atoms with van der Waals surface area (Å²) in [5, 5.41) is 7.56. The number of nitrogens with zero attached hydrogens (tertiary/aromatic N) is 3. The van der Waals surface area contributed by atoms with Crippen LogP contribution < -0.4 is 5.32 Å². The van der Waals surface area contributed by atoms with Crippen LogP contribution in [-0.2, 0) is 6.54 Å². The molecular weight excluding hydrogens is 340 g/mol. The SMILES string of the molecule is Cc1ccc(CNc2nc(-c3ccco3)nn2C(=O)c2ccccc2)cc1. The Morgan fingerprint density at radius 2 is 1.81 bits per heavy atom. The number of carbonyl (C=O) groups excluding carboxylic acids is 1. The third-order valence-electron chi connectivity index (χ3n) is 4.13. The normalized spacial score (nSPS) is 10.7. The molecule has 2 aromatic carbocycles. The number of hydrogen-bond donors (Lipinski definition) is 1. The minimum absolute atomic E-state index is 0.257. The molecule has 0 aliphatic rings. The number of anilines is 1. The lowest BCUT2D eigenvalue weighted by molar-refractivity contribution is 0.0947. The summed E-state index contributed by atoms with van der Waals surface area (Å²) in [6.45, 7) is 2.57. The minimum atomic E-state index is -0.257. The van der Waals surface area contributed by atoms with E-state index in [2.05, 4.69) is 15.4 Å². The zero-order valence-electron chi connectivity index (χ0n) is 14.8. The molecule has 0 aliphatic heterocycles. The maximum Gasteiger partial charge on any atom is 0.281 e. The van der Waals surface area contributed by atoms with E-state index in [4.69, 9.17) is 4.42 Å². The second-order valence-corrected chi connectivity index (χ2v) is 6.16. The van der Waals surface area contributed by atoms with Crippen LogP contribution in [0.1, 0.15) is 21.5 Å². The first kappa shape index (κ1) is 16.8. The van der Waals surface area contributed by atoms with Crippen LogP contribution in [0.5, 0.6) is 0 Å². The van der Waals surface area contributed by atoms with Crippen molar-refractivity contribution in [3.63, 3.8) is 0 Å². The van der Waals surface area contributed by atoms with Gasteiger partial charge < -0.3 is 9.73 Å². The molecule has 0 spiro atoms. The van der Waals surface area contributed by atoms with Crippen LogP contribution in [0.2, 0.25) is 0 Å². The summed E-state index contributed by atoms with van der Waals surface area (Å²) in [6, 6.07) is 20.7. The molecule has 0 radical (unpaired) electrons. The molecule has 0 amide bonds. The zero-order chi connectivity index (χ0) is 18.6. The number of furan rings is 1. The van der Waals surface area contributed by atoms with Crippen molar-refractivity contribution in [1.82, 2.24) is 14.8 Å². The van der Waals surface area contributed by atoms with Crippen LogP contribution in [0.15, 0.2) is 77.4 Å². The predicted molar refractivity (Wildman–Crippen MR) is 102 cm³/mol. The van der Waals surface area contributed by atoms with E-state index in [0.717, 1.165) is 5.56 Å². The van der Waals surface area contributed by atoms with E-state index in [1.807, 2.05) is 49.4 Å². The monoisotopic (exact) mass is 358 g/mol. The molecule has 0 bridgehead atoms. The molecule has 0 atom stereocenters. The lowest BCUT2D eigenvalue weighted by Crippen LogP contribution is -2.17. The van der Waals surface area contributed by atoms with Crippen molar-refractivity contribution < 1.29 is 9.21 Å². The van der Waals surface area contributed by atoms with Gasteiger partial charge in [-0.05, 0) is 36.8 Å². The van der Waals surface area contributed by atoms with Gasteiger partial charge in [0.25, 0.3) is 5.91 Å². The van der Waals surface area contributed by atoms with Crippen LogP contribution in [0, 0.1) is 6.92 Å². The van der Waals surface area contributed by atoms with E-state index in [1.54, 1.807) is 30.5 Å². The predicted octanol–water partition coefficient (Wildman–Crippen LogP) is 4.15. The zero-order valence-corrected chi connectivity index (χ0v) is 14.8. The number of aryl methyl sites for hydroxylation is 1. The Hall–Kier alpha value is -3.67. The van der Waals surface area contributed by atoms with E-state index < -0.39 is 0 Å². The fourth-order valence-electron chi connectivity index (χ4n) is 2.67. The van der Waals surface area contributed by atoms with Crippen molar-refractivity contribution in [3.8, 4) is 11.6 Å². The number of rotatable bonds is 5. The lowest BCUT2D eigenvalue weighted by atomic mass is 10.1. The summed E-state index contributed by atoms with van der Waals surface area (Å²) >= 11 is 0. The maximum atomic E-state index is 12.9. The maximum absolute atomic E-state index is 12.9. The lowest BCUT2D eigenvalue weighted by Gasteiger charge is -2.07. The van der Waals surface area contributed by atoms with Crippen LogP contribution in [0.4, 0.5) is 5.95 Å². The molecule has 0 unspecified atom stereocenters. The highest BCUT2D eigenvalue weighted by atomic mass is 16.3. The molecule has 0 saturated carbocycles. The molecule has 6 heteroatoms. The fraction of sp³-hybridized carbons (Fsp3) is 0.0952. The van der Waals surface area contributed by atoms with Gasteiger partial charge in [0.1, 0.15) is 0 Å². The summed E-state index contributed by atoms with van der Waals surface area (Å²) in [4.78, 5) is 17.4. The average Bonchev–Trinajstić information content (AvgIpc) is 3.37. The highest BCUT2D eigenvalue weighted by Gasteiger charge is 2.19. The Labute approximate surface area is 156 Å². The van der Waals surface area contributed by atoms with Gasteiger partial charge in [0.15, 0.2) is 5.76 Å². The van der Waals surface area contributed by atoms with Crippen molar-refractivity contribution in [3.05, 3.63) is 89.7 Å². The molecule has 0 saturated heterocycles. The molecule has 134 valence electrons. The third-order valence-corrected chi connectivity index (χ3v) is 4.13. The molecule has 27 heavy (non-hydrogen) atoms. The molecule has 1 N–H and O–H groups in total. The summed E-state index contributed by atoms with van der Waals surface area (Å²) in [5.41, 5.74) is 2.81. The van der Waals surface area contributed by atoms with Gasteiger partial charge in [0, 0.05) is 12.1 Å². The quantitative estimate of drug-likeness (QED) is 0.580. The number of nitrogens with one attached hydrogen (secondary N) is 1. The Morgan fingerprint density at radius 3 is 2.52 bits per heavy atom.